The Morgan fingerprint density at radius 3 is 1.88 bits per heavy atom. The fourth-order valence-electron chi connectivity index (χ4n) is 9.58. The number of hydrogen-bond donors (Lipinski definition) is 0. The summed E-state index contributed by atoms with van der Waals surface area (Å²) < 4.78 is 35.0. The Morgan fingerprint density at radius 2 is 1.16 bits per heavy atom. The molecular weight excluding hydrogens is 817 g/mol. The van der Waals surface area contributed by atoms with Gasteiger partial charge in [-0.05, 0) is 153 Å². The Morgan fingerprint density at radius 1 is 0.493 bits per heavy atom. The number of hydrogen-bond acceptors (Lipinski definition) is 4. The van der Waals surface area contributed by atoms with Crippen LogP contribution >= 0.6 is 0 Å². The highest BCUT2D eigenvalue weighted by Crippen LogP contribution is 2.47. The lowest BCUT2D eigenvalue weighted by molar-refractivity contribution is 0.483. The van der Waals surface area contributed by atoms with Crippen LogP contribution in [0.1, 0.15) is 94.2 Å². The number of aryl methyl sites for hydroxylation is 2. The van der Waals surface area contributed by atoms with Gasteiger partial charge in [0.25, 0.3) is 0 Å². The minimum Gasteiger partial charge on any atom is -0.457 e. The molecule has 0 unspecified atom stereocenters. The monoisotopic (exact) mass is 882 g/mol. The largest absolute Gasteiger partial charge is 0.457 e. The lowest BCUT2D eigenvalue weighted by Crippen LogP contribution is -2.24. The summed E-state index contributed by atoms with van der Waals surface area (Å²) in [5, 5.41) is 2.18. The molecule has 0 N–H and O–H groups in total. The van der Waals surface area contributed by atoms with E-state index in [0.29, 0.717) is 23.8 Å². The molecule has 1 aliphatic rings. The number of pyridine rings is 1. The highest BCUT2D eigenvalue weighted by molar-refractivity contribution is 6.10. The third-order valence-electron chi connectivity index (χ3n) is 13.4. The van der Waals surface area contributed by atoms with E-state index in [9.17, 15) is 0 Å². The van der Waals surface area contributed by atoms with Gasteiger partial charge in [0.15, 0.2) is 0 Å². The zero-order valence-electron chi connectivity index (χ0n) is 43.5. The first-order chi connectivity index (χ1) is 33.1. The van der Waals surface area contributed by atoms with Crippen molar-refractivity contribution < 1.29 is 8.85 Å². The maximum Gasteiger partial charge on any atom is 0.138 e. The summed E-state index contributed by atoms with van der Waals surface area (Å²) >= 11 is 0. The molecule has 0 saturated carbocycles. The van der Waals surface area contributed by atoms with Gasteiger partial charge in [-0.15, -0.1) is 0 Å². The molecule has 0 aliphatic carbocycles. The second-order valence-electron chi connectivity index (χ2n) is 21.3. The van der Waals surface area contributed by atoms with Gasteiger partial charge in [-0.1, -0.05) is 135 Å². The zero-order chi connectivity index (χ0) is 49.5. The summed E-state index contributed by atoms with van der Waals surface area (Å²) in [4.78, 5) is 9.75. The smallest absolute Gasteiger partial charge is 0.138 e. The summed E-state index contributed by atoms with van der Waals surface area (Å²) in [6.45, 7) is 20.2. The van der Waals surface area contributed by atoms with Gasteiger partial charge in [-0.2, -0.15) is 0 Å². The lowest BCUT2D eigenvalue weighted by atomic mass is 9.83. The third kappa shape index (κ3) is 8.26. The minimum absolute atomic E-state index is 0.0408. The third-order valence-corrected chi connectivity index (χ3v) is 13.4. The maximum absolute atomic E-state index is 8.65. The molecule has 9 aromatic rings. The Hall–Kier alpha value is -7.11. The molecule has 1 aliphatic heterocycles. The van der Waals surface area contributed by atoms with E-state index in [-0.39, 0.29) is 16.2 Å². The van der Waals surface area contributed by atoms with E-state index >= 15 is 0 Å². The van der Waals surface area contributed by atoms with Crippen LogP contribution in [0.15, 0.2) is 164 Å². The van der Waals surface area contributed by atoms with Crippen molar-refractivity contribution >= 4 is 44.6 Å². The van der Waals surface area contributed by atoms with E-state index in [0.717, 1.165) is 72.6 Å². The van der Waals surface area contributed by atoms with E-state index in [2.05, 4.69) is 210 Å². The van der Waals surface area contributed by atoms with Crippen molar-refractivity contribution in [2.45, 2.75) is 92.3 Å². The quantitative estimate of drug-likeness (QED) is 0.160. The first kappa shape index (κ1) is 40.2. The van der Waals surface area contributed by atoms with Crippen molar-refractivity contribution in [3.05, 3.63) is 192 Å². The molecule has 0 spiro atoms. The number of fused-ring (bicyclic) bond motifs is 4. The summed E-state index contributed by atoms with van der Waals surface area (Å²) in [7, 11) is 0. The molecular formula is C62H62N4O. The van der Waals surface area contributed by atoms with Crippen LogP contribution in [0.2, 0.25) is 0 Å². The van der Waals surface area contributed by atoms with Crippen LogP contribution in [0.3, 0.4) is 0 Å². The summed E-state index contributed by atoms with van der Waals surface area (Å²) in [5.41, 5.74) is 14.8. The molecule has 2 aromatic heterocycles. The van der Waals surface area contributed by atoms with Crippen LogP contribution in [0.25, 0.3) is 49.9 Å². The minimum atomic E-state index is -2.31. The summed E-state index contributed by atoms with van der Waals surface area (Å²) in [6.07, 6.45) is 1.79. The molecule has 0 radical (unpaired) electrons. The van der Waals surface area contributed by atoms with E-state index in [1.807, 2.05) is 31.2 Å². The number of ether oxygens (including phenoxy) is 1. The SMILES string of the molecule is [2H]C([2H])([2H])c1cc(C(C)(C)C)cc(C)c1-c1ccnc(-n2c3ccc(C(C)(C)C)cc3c3ccc(Oc4cccc(N5CN(c6cc(-c7ccccc7)cc(C(C)(C)C)c6)c6ccccc65)c4)cc32)c1. The molecule has 0 saturated heterocycles. The maximum atomic E-state index is 8.65. The van der Waals surface area contributed by atoms with Crippen LogP contribution in [-0.4, -0.2) is 16.2 Å². The molecule has 336 valence electrons. The molecule has 10 rings (SSSR count). The second kappa shape index (κ2) is 16.3. The lowest BCUT2D eigenvalue weighted by Gasteiger charge is -2.26. The second-order valence-corrected chi connectivity index (χ2v) is 21.3. The molecule has 0 fully saturated rings. The topological polar surface area (TPSA) is 33.5 Å². The Balaban J connectivity index is 1.04. The van der Waals surface area contributed by atoms with Crippen molar-refractivity contribution in [3.8, 4) is 39.6 Å². The van der Waals surface area contributed by atoms with Gasteiger partial charge in [0, 0.05) is 44.6 Å². The summed E-state index contributed by atoms with van der Waals surface area (Å²) in [6, 6.07) is 55.5. The number of anilines is 4. The normalized spacial score (nSPS) is 14.0. The van der Waals surface area contributed by atoms with Gasteiger partial charge in [-0.3, -0.25) is 4.57 Å². The van der Waals surface area contributed by atoms with E-state index in [1.165, 1.54) is 22.3 Å². The van der Waals surface area contributed by atoms with Gasteiger partial charge in [0.1, 0.15) is 24.0 Å². The summed E-state index contributed by atoms with van der Waals surface area (Å²) in [5.74, 6) is 2.10. The molecule has 0 amide bonds. The zero-order valence-corrected chi connectivity index (χ0v) is 40.5. The van der Waals surface area contributed by atoms with Gasteiger partial charge < -0.3 is 14.5 Å². The van der Waals surface area contributed by atoms with Crippen LogP contribution in [0.5, 0.6) is 11.5 Å². The first-order valence-corrected chi connectivity index (χ1v) is 23.5. The highest BCUT2D eigenvalue weighted by Gasteiger charge is 2.30. The van der Waals surface area contributed by atoms with Crippen molar-refractivity contribution in [3.63, 3.8) is 0 Å². The van der Waals surface area contributed by atoms with E-state index in [1.54, 1.807) is 6.20 Å². The predicted molar refractivity (Wildman–Crippen MR) is 284 cm³/mol. The van der Waals surface area contributed by atoms with Gasteiger partial charge in [-0.25, -0.2) is 4.98 Å². The number of benzene rings is 7. The van der Waals surface area contributed by atoms with Crippen LogP contribution in [0, 0.1) is 13.8 Å². The number of rotatable bonds is 7. The van der Waals surface area contributed by atoms with E-state index in [4.69, 9.17) is 13.8 Å². The first-order valence-electron chi connectivity index (χ1n) is 25.0. The molecule has 7 aromatic carbocycles. The number of aromatic nitrogens is 2. The Bertz CT molecular complexity index is 3460. The molecule has 3 heterocycles. The molecule has 0 atom stereocenters. The molecule has 0 bridgehead atoms. The van der Waals surface area contributed by atoms with Crippen molar-refractivity contribution in [2.24, 2.45) is 0 Å². The van der Waals surface area contributed by atoms with E-state index < -0.39 is 6.85 Å². The van der Waals surface area contributed by atoms with Crippen LogP contribution in [0.4, 0.5) is 22.7 Å². The molecule has 5 nitrogen and oxygen atoms in total. The van der Waals surface area contributed by atoms with Gasteiger partial charge in [0.2, 0.25) is 0 Å². The average Bonchev–Trinajstić information content (AvgIpc) is 3.86. The van der Waals surface area contributed by atoms with Crippen LogP contribution < -0.4 is 14.5 Å². The molecule has 67 heavy (non-hydrogen) atoms. The highest BCUT2D eigenvalue weighted by atomic mass is 16.5. The van der Waals surface area contributed by atoms with Gasteiger partial charge in [0.05, 0.1) is 22.4 Å². The average molecular weight is 882 g/mol. The van der Waals surface area contributed by atoms with Crippen molar-refractivity contribution in [1.29, 1.82) is 0 Å². The van der Waals surface area contributed by atoms with Crippen molar-refractivity contribution in [1.82, 2.24) is 9.55 Å². The standard InChI is InChI=1S/C62H62N4O/c1-40-30-46(61(6,7)8)31-41(2)59(40)43-28-29-63-58(34-43)66-54-27-24-45(60(3,4)5)36-53(54)52-26-25-51(38-57(52)66)67-50-21-17-20-48(37-50)64-39-65(56-23-16-15-22-55(56)64)49-33-44(42-18-13-12-14-19-42)32-47(35-49)62(9,10)11/h12-38H,39H2,1-11H3/i1D3. The Kier molecular flexibility index (Phi) is 9.80. The van der Waals surface area contributed by atoms with Crippen LogP contribution in [-0.2, 0) is 16.2 Å². The van der Waals surface area contributed by atoms with Gasteiger partial charge >= 0.3 is 0 Å². The predicted octanol–water partition coefficient (Wildman–Crippen LogP) is 17.1. The number of nitrogens with zero attached hydrogens (tertiary/aromatic N) is 4. The fourth-order valence-corrected chi connectivity index (χ4v) is 9.58. The Labute approximate surface area is 401 Å². The fraction of sp³-hybridized carbons (Fsp3) is 0.242. The molecule has 5 heteroatoms. The van der Waals surface area contributed by atoms with Crippen molar-refractivity contribution in [2.75, 3.05) is 16.5 Å². The number of para-hydroxylation sites is 2.